The zero-order chi connectivity index (χ0) is 14.8. The van der Waals surface area contributed by atoms with Crippen LogP contribution in [0.4, 0.5) is 5.82 Å². The molecule has 3 heterocycles. The average molecular weight is 293 g/mol. The smallest absolute Gasteiger partial charge is 0.230 e. The third kappa shape index (κ3) is 3.20. The third-order valence-electron chi connectivity index (χ3n) is 4.53. The van der Waals surface area contributed by atoms with Gasteiger partial charge in [0.15, 0.2) is 5.82 Å². The predicted octanol–water partition coefficient (Wildman–Crippen LogP) is 1.19. The Hall–Kier alpha value is -1.56. The third-order valence-corrected chi connectivity index (χ3v) is 4.53. The van der Waals surface area contributed by atoms with Crippen molar-refractivity contribution in [3.05, 3.63) is 11.8 Å². The number of nitrogens with zero attached hydrogens (tertiary/aromatic N) is 3. The molecule has 2 aliphatic heterocycles. The molecule has 6 heteroatoms. The fourth-order valence-corrected chi connectivity index (χ4v) is 3.18. The van der Waals surface area contributed by atoms with Gasteiger partial charge < -0.3 is 19.4 Å². The van der Waals surface area contributed by atoms with Gasteiger partial charge >= 0.3 is 0 Å². The molecule has 116 valence electrons. The van der Waals surface area contributed by atoms with E-state index in [0.717, 1.165) is 51.1 Å². The Morgan fingerprint density at radius 1 is 1.38 bits per heavy atom. The number of carbonyl (C=O) groups is 1. The molecule has 0 spiro atoms. The molecule has 1 atom stereocenters. The number of aliphatic hydroxyl groups excluding tert-OH is 1. The summed E-state index contributed by atoms with van der Waals surface area (Å²) in [5, 5.41) is 13.6. The predicted molar refractivity (Wildman–Crippen MR) is 78.1 cm³/mol. The largest absolute Gasteiger partial charge is 0.393 e. The van der Waals surface area contributed by atoms with Crippen molar-refractivity contribution in [2.45, 2.75) is 51.2 Å². The maximum Gasteiger partial charge on any atom is 0.230 e. The van der Waals surface area contributed by atoms with Crippen LogP contribution < -0.4 is 4.90 Å². The lowest BCUT2D eigenvalue weighted by Gasteiger charge is -2.28. The molecule has 6 nitrogen and oxygen atoms in total. The first kappa shape index (κ1) is 14.4. The number of aromatic nitrogens is 1. The molecule has 0 radical (unpaired) electrons. The molecule has 1 aromatic heterocycles. The number of piperidine rings is 1. The monoisotopic (exact) mass is 293 g/mol. The highest BCUT2D eigenvalue weighted by atomic mass is 16.5. The number of rotatable bonds is 3. The Morgan fingerprint density at radius 3 is 2.81 bits per heavy atom. The van der Waals surface area contributed by atoms with Crippen molar-refractivity contribution in [2.75, 3.05) is 24.5 Å². The van der Waals surface area contributed by atoms with Crippen LogP contribution >= 0.6 is 0 Å². The van der Waals surface area contributed by atoms with E-state index < -0.39 is 0 Å². The zero-order valence-electron chi connectivity index (χ0n) is 12.5. The van der Waals surface area contributed by atoms with Crippen molar-refractivity contribution in [3.8, 4) is 0 Å². The van der Waals surface area contributed by atoms with Crippen LogP contribution in [0.15, 0.2) is 10.6 Å². The molecule has 0 aromatic carbocycles. The maximum absolute atomic E-state index is 12.2. The van der Waals surface area contributed by atoms with E-state index >= 15 is 0 Å². The van der Waals surface area contributed by atoms with E-state index in [-0.39, 0.29) is 18.4 Å². The Morgan fingerprint density at radius 2 is 2.14 bits per heavy atom. The first-order valence-corrected chi connectivity index (χ1v) is 7.81. The number of anilines is 1. The summed E-state index contributed by atoms with van der Waals surface area (Å²) in [6.07, 6.45) is 3.77. The highest BCUT2D eigenvalue weighted by Gasteiger charge is 2.26. The van der Waals surface area contributed by atoms with Gasteiger partial charge in [-0.05, 0) is 32.6 Å². The van der Waals surface area contributed by atoms with Crippen molar-refractivity contribution < 1.29 is 14.4 Å². The summed E-state index contributed by atoms with van der Waals surface area (Å²) in [6.45, 7) is 4.51. The van der Waals surface area contributed by atoms with Crippen LogP contribution in [0.25, 0.3) is 0 Å². The van der Waals surface area contributed by atoms with Crippen LogP contribution in [0, 0.1) is 0 Å². The fourth-order valence-electron chi connectivity index (χ4n) is 3.18. The molecule has 1 aromatic rings. The Kier molecular flexibility index (Phi) is 4.14. The standard InChI is InChI=1S/C15H23N3O3/c1-11-3-2-6-18(11)15(20)10-13-9-14(16-21-13)17-7-4-12(19)5-8-17/h9,11-12,19H,2-8,10H2,1H3. The molecular formula is C15H23N3O3. The molecule has 21 heavy (non-hydrogen) atoms. The summed E-state index contributed by atoms with van der Waals surface area (Å²) in [7, 11) is 0. The van der Waals surface area contributed by atoms with Crippen molar-refractivity contribution >= 4 is 11.7 Å². The van der Waals surface area contributed by atoms with Gasteiger partial charge in [-0.1, -0.05) is 5.16 Å². The van der Waals surface area contributed by atoms with E-state index in [1.54, 1.807) is 0 Å². The summed E-state index contributed by atoms with van der Waals surface area (Å²) in [4.78, 5) is 16.3. The number of carbonyl (C=O) groups excluding carboxylic acids is 1. The Bertz CT molecular complexity index is 494. The zero-order valence-corrected chi connectivity index (χ0v) is 12.5. The minimum atomic E-state index is -0.203. The van der Waals surface area contributed by atoms with Gasteiger partial charge in [0.25, 0.3) is 0 Å². The van der Waals surface area contributed by atoms with Gasteiger partial charge in [-0.2, -0.15) is 0 Å². The lowest BCUT2D eigenvalue weighted by molar-refractivity contribution is -0.131. The average Bonchev–Trinajstić information content (AvgIpc) is 3.09. The van der Waals surface area contributed by atoms with Crippen LogP contribution in [0.3, 0.4) is 0 Å². The topological polar surface area (TPSA) is 69.8 Å². The Balaban J connectivity index is 1.58. The van der Waals surface area contributed by atoms with E-state index in [9.17, 15) is 9.90 Å². The first-order chi connectivity index (χ1) is 10.1. The minimum absolute atomic E-state index is 0.122. The molecule has 3 rings (SSSR count). The number of hydrogen-bond acceptors (Lipinski definition) is 5. The van der Waals surface area contributed by atoms with Crippen LogP contribution in [-0.2, 0) is 11.2 Å². The second-order valence-corrected chi connectivity index (χ2v) is 6.12. The van der Waals surface area contributed by atoms with E-state index in [2.05, 4.69) is 17.0 Å². The number of hydrogen-bond donors (Lipinski definition) is 1. The number of aliphatic hydroxyl groups is 1. The van der Waals surface area contributed by atoms with Crippen molar-refractivity contribution in [1.82, 2.24) is 10.1 Å². The molecule has 0 bridgehead atoms. The summed E-state index contributed by atoms with van der Waals surface area (Å²) >= 11 is 0. The molecule has 0 saturated carbocycles. The molecule has 1 N–H and O–H groups in total. The molecule has 1 amide bonds. The molecule has 2 fully saturated rings. The van der Waals surface area contributed by atoms with Gasteiger partial charge in [-0.3, -0.25) is 4.79 Å². The summed E-state index contributed by atoms with van der Waals surface area (Å²) in [5.41, 5.74) is 0. The van der Waals surface area contributed by atoms with Crippen LogP contribution in [0.2, 0.25) is 0 Å². The summed E-state index contributed by atoms with van der Waals surface area (Å²) < 4.78 is 5.31. The normalized spacial score (nSPS) is 23.8. The molecule has 2 saturated heterocycles. The van der Waals surface area contributed by atoms with Gasteiger partial charge in [0.2, 0.25) is 5.91 Å². The molecular weight excluding hydrogens is 270 g/mol. The number of amides is 1. The van der Waals surface area contributed by atoms with E-state index in [4.69, 9.17) is 4.52 Å². The second-order valence-electron chi connectivity index (χ2n) is 6.12. The lowest BCUT2D eigenvalue weighted by atomic mass is 10.1. The lowest BCUT2D eigenvalue weighted by Crippen LogP contribution is -2.36. The SMILES string of the molecule is CC1CCCN1C(=O)Cc1cc(N2CCC(O)CC2)no1. The molecule has 0 aliphatic carbocycles. The van der Waals surface area contributed by atoms with E-state index in [1.807, 2.05) is 11.0 Å². The fraction of sp³-hybridized carbons (Fsp3) is 0.733. The first-order valence-electron chi connectivity index (χ1n) is 7.81. The molecule has 2 aliphatic rings. The van der Waals surface area contributed by atoms with Gasteiger partial charge in [0.1, 0.15) is 5.76 Å². The van der Waals surface area contributed by atoms with E-state index in [0.29, 0.717) is 11.8 Å². The minimum Gasteiger partial charge on any atom is -0.393 e. The van der Waals surface area contributed by atoms with Crippen LogP contribution in [-0.4, -0.2) is 52.9 Å². The van der Waals surface area contributed by atoms with Crippen LogP contribution in [0.1, 0.15) is 38.4 Å². The van der Waals surface area contributed by atoms with Crippen LogP contribution in [0.5, 0.6) is 0 Å². The van der Waals surface area contributed by atoms with E-state index in [1.165, 1.54) is 0 Å². The highest BCUT2D eigenvalue weighted by Crippen LogP contribution is 2.22. The van der Waals surface area contributed by atoms with Crippen molar-refractivity contribution in [1.29, 1.82) is 0 Å². The van der Waals surface area contributed by atoms with Gasteiger partial charge in [0.05, 0.1) is 12.5 Å². The quantitative estimate of drug-likeness (QED) is 0.906. The highest BCUT2D eigenvalue weighted by molar-refractivity contribution is 5.79. The maximum atomic E-state index is 12.2. The van der Waals surface area contributed by atoms with Crippen molar-refractivity contribution in [2.24, 2.45) is 0 Å². The Labute approximate surface area is 124 Å². The summed E-state index contributed by atoms with van der Waals surface area (Å²) in [6, 6.07) is 2.19. The number of likely N-dealkylation sites (tertiary alicyclic amines) is 1. The summed E-state index contributed by atoms with van der Waals surface area (Å²) in [5.74, 6) is 1.52. The van der Waals surface area contributed by atoms with Crippen molar-refractivity contribution in [3.63, 3.8) is 0 Å². The second kappa shape index (κ2) is 6.05. The van der Waals surface area contributed by atoms with Gasteiger partial charge in [0, 0.05) is 31.7 Å². The van der Waals surface area contributed by atoms with Gasteiger partial charge in [-0.15, -0.1) is 0 Å². The molecule has 1 unspecified atom stereocenters. The van der Waals surface area contributed by atoms with Gasteiger partial charge in [-0.25, -0.2) is 0 Å².